The van der Waals surface area contributed by atoms with E-state index in [2.05, 4.69) is 22.5 Å². The van der Waals surface area contributed by atoms with Crippen LogP contribution in [0.2, 0.25) is 0 Å². The molecule has 0 spiro atoms. The Labute approximate surface area is 154 Å². The lowest BCUT2D eigenvalue weighted by molar-refractivity contribution is 0.0952. The summed E-state index contributed by atoms with van der Waals surface area (Å²) in [4.78, 5) is 30.6. The first kappa shape index (κ1) is 19.4. The quantitative estimate of drug-likeness (QED) is 0.713. The molecule has 138 valence electrons. The van der Waals surface area contributed by atoms with Crippen molar-refractivity contribution >= 4 is 23.2 Å². The van der Waals surface area contributed by atoms with Crippen LogP contribution in [0.1, 0.15) is 46.9 Å². The summed E-state index contributed by atoms with van der Waals surface area (Å²) in [7, 11) is 3.91. The lowest BCUT2D eigenvalue weighted by atomic mass is 10.1. The van der Waals surface area contributed by atoms with Gasteiger partial charge in [0.1, 0.15) is 0 Å². The molecule has 0 bridgehead atoms. The molecule has 2 aromatic rings. The summed E-state index contributed by atoms with van der Waals surface area (Å²) in [6, 6.07) is 9.09. The largest absolute Gasteiger partial charge is 0.378 e. The summed E-state index contributed by atoms with van der Waals surface area (Å²) in [6.07, 6.45) is 6.05. The molecule has 1 aromatic heterocycles. The Balaban J connectivity index is 1.99. The van der Waals surface area contributed by atoms with E-state index in [1.54, 1.807) is 6.07 Å². The second-order valence-corrected chi connectivity index (χ2v) is 6.32. The van der Waals surface area contributed by atoms with Crippen LogP contribution >= 0.6 is 0 Å². The Hall–Kier alpha value is -2.89. The van der Waals surface area contributed by atoms with Gasteiger partial charge in [0.2, 0.25) is 0 Å². The van der Waals surface area contributed by atoms with Crippen molar-refractivity contribution < 1.29 is 9.59 Å². The highest BCUT2D eigenvalue weighted by Crippen LogP contribution is 2.16. The van der Waals surface area contributed by atoms with E-state index in [4.69, 9.17) is 0 Å². The number of anilines is 2. The van der Waals surface area contributed by atoms with E-state index in [1.165, 1.54) is 12.4 Å². The highest BCUT2D eigenvalue weighted by molar-refractivity contribution is 6.05. The Bertz CT molecular complexity index is 742. The minimum atomic E-state index is -0.296. The van der Waals surface area contributed by atoms with Crippen molar-refractivity contribution in [2.24, 2.45) is 0 Å². The predicted molar refractivity (Wildman–Crippen MR) is 105 cm³/mol. The molecule has 6 nitrogen and oxygen atoms in total. The fourth-order valence-corrected chi connectivity index (χ4v) is 2.41. The number of aromatic nitrogens is 1. The van der Waals surface area contributed by atoms with Crippen molar-refractivity contribution in [3.63, 3.8) is 0 Å². The Kier molecular flexibility index (Phi) is 7.14. The van der Waals surface area contributed by atoms with Crippen molar-refractivity contribution in [3.8, 4) is 0 Å². The number of unbranched alkanes of at least 4 members (excludes halogenated alkanes) is 2. The summed E-state index contributed by atoms with van der Waals surface area (Å²) < 4.78 is 0. The van der Waals surface area contributed by atoms with E-state index in [0.717, 1.165) is 24.9 Å². The van der Waals surface area contributed by atoms with Gasteiger partial charge in [-0.05, 0) is 36.8 Å². The van der Waals surface area contributed by atoms with E-state index in [9.17, 15) is 9.59 Å². The topological polar surface area (TPSA) is 74.3 Å². The number of hydrogen-bond donors (Lipinski definition) is 2. The molecule has 0 unspecified atom stereocenters. The maximum Gasteiger partial charge on any atom is 0.257 e. The highest BCUT2D eigenvalue weighted by atomic mass is 16.2. The lowest BCUT2D eigenvalue weighted by Crippen LogP contribution is -2.25. The summed E-state index contributed by atoms with van der Waals surface area (Å²) in [6.45, 7) is 2.74. The third-order valence-corrected chi connectivity index (χ3v) is 3.97. The molecule has 2 N–H and O–H groups in total. The number of rotatable bonds is 8. The first-order valence-electron chi connectivity index (χ1n) is 8.83. The van der Waals surface area contributed by atoms with Gasteiger partial charge in [-0.25, -0.2) is 0 Å². The molecule has 0 aliphatic carbocycles. The zero-order chi connectivity index (χ0) is 18.9. The van der Waals surface area contributed by atoms with Crippen LogP contribution in [-0.2, 0) is 0 Å². The number of carbonyl (C=O) groups is 2. The van der Waals surface area contributed by atoms with Gasteiger partial charge in [-0.1, -0.05) is 19.8 Å². The number of nitrogens with one attached hydrogen (secondary N) is 2. The number of nitrogens with zero attached hydrogens (tertiary/aromatic N) is 2. The van der Waals surface area contributed by atoms with Crippen LogP contribution < -0.4 is 15.5 Å². The number of carbonyl (C=O) groups excluding carboxylic acids is 2. The minimum Gasteiger partial charge on any atom is -0.378 e. The van der Waals surface area contributed by atoms with Gasteiger partial charge in [-0.3, -0.25) is 14.6 Å². The predicted octanol–water partition coefficient (Wildman–Crippen LogP) is 3.32. The third-order valence-electron chi connectivity index (χ3n) is 3.97. The van der Waals surface area contributed by atoms with E-state index >= 15 is 0 Å². The second kappa shape index (κ2) is 9.56. The molecule has 6 heteroatoms. The minimum absolute atomic E-state index is 0.210. The molecule has 0 aliphatic rings. The van der Waals surface area contributed by atoms with Gasteiger partial charge in [0.25, 0.3) is 11.8 Å². The van der Waals surface area contributed by atoms with Crippen LogP contribution in [0.4, 0.5) is 11.4 Å². The number of pyridine rings is 1. The Morgan fingerprint density at radius 1 is 1.00 bits per heavy atom. The van der Waals surface area contributed by atoms with Crippen LogP contribution in [-0.4, -0.2) is 37.4 Å². The van der Waals surface area contributed by atoms with Crippen molar-refractivity contribution in [3.05, 3.63) is 53.9 Å². The zero-order valence-corrected chi connectivity index (χ0v) is 15.6. The highest BCUT2D eigenvalue weighted by Gasteiger charge is 2.11. The summed E-state index contributed by atoms with van der Waals surface area (Å²) >= 11 is 0. The molecule has 0 saturated carbocycles. The lowest BCUT2D eigenvalue weighted by Gasteiger charge is -2.13. The van der Waals surface area contributed by atoms with Crippen molar-refractivity contribution in [1.82, 2.24) is 10.3 Å². The second-order valence-electron chi connectivity index (χ2n) is 6.32. The molecular weight excluding hydrogens is 328 g/mol. The maximum absolute atomic E-state index is 12.4. The molecule has 0 radical (unpaired) electrons. The first-order valence-corrected chi connectivity index (χ1v) is 8.83. The molecule has 26 heavy (non-hydrogen) atoms. The van der Waals surface area contributed by atoms with Crippen LogP contribution in [0.3, 0.4) is 0 Å². The van der Waals surface area contributed by atoms with Gasteiger partial charge in [0.05, 0.1) is 11.1 Å². The Morgan fingerprint density at radius 3 is 2.27 bits per heavy atom. The molecule has 1 heterocycles. The number of hydrogen-bond acceptors (Lipinski definition) is 4. The normalized spacial score (nSPS) is 10.3. The standard InChI is InChI=1S/C20H26N4O2/c1-4-5-6-11-22-19(25)15-12-16(14-21-13-15)20(26)23-17-7-9-18(10-8-17)24(2)3/h7-10,12-14H,4-6,11H2,1-3H3,(H,22,25)(H,23,26). The average molecular weight is 354 g/mol. The van der Waals surface area contributed by atoms with Gasteiger partial charge in [-0.2, -0.15) is 0 Å². The maximum atomic E-state index is 12.4. The smallest absolute Gasteiger partial charge is 0.257 e. The molecule has 0 atom stereocenters. The SMILES string of the molecule is CCCCCNC(=O)c1cncc(C(=O)Nc2ccc(N(C)C)cc2)c1. The van der Waals surface area contributed by atoms with Gasteiger partial charge in [-0.15, -0.1) is 0 Å². The molecule has 0 aliphatic heterocycles. The van der Waals surface area contributed by atoms with E-state index in [-0.39, 0.29) is 11.8 Å². The molecule has 1 aromatic carbocycles. The van der Waals surface area contributed by atoms with Crippen LogP contribution in [0, 0.1) is 0 Å². The Morgan fingerprint density at radius 2 is 1.65 bits per heavy atom. The average Bonchev–Trinajstić information content (AvgIpc) is 2.65. The van der Waals surface area contributed by atoms with Gasteiger partial charge >= 0.3 is 0 Å². The molecule has 0 fully saturated rings. The summed E-state index contributed by atoms with van der Waals surface area (Å²) in [5, 5.41) is 5.67. The zero-order valence-electron chi connectivity index (χ0n) is 15.6. The van der Waals surface area contributed by atoms with Crippen molar-refractivity contribution in [2.45, 2.75) is 26.2 Å². The monoisotopic (exact) mass is 354 g/mol. The van der Waals surface area contributed by atoms with Gasteiger partial charge in [0, 0.05) is 44.4 Å². The fourth-order valence-electron chi connectivity index (χ4n) is 2.41. The third kappa shape index (κ3) is 5.58. The molecule has 2 amide bonds. The van der Waals surface area contributed by atoms with E-state index in [0.29, 0.717) is 23.4 Å². The summed E-state index contributed by atoms with van der Waals surface area (Å²) in [5.41, 5.74) is 2.47. The summed E-state index contributed by atoms with van der Waals surface area (Å²) in [5.74, 6) is -0.505. The van der Waals surface area contributed by atoms with Gasteiger partial charge < -0.3 is 15.5 Å². The molecule has 0 saturated heterocycles. The molecule has 2 rings (SSSR count). The van der Waals surface area contributed by atoms with E-state index in [1.807, 2.05) is 43.3 Å². The van der Waals surface area contributed by atoms with Crippen LogP contribution in [0.25, 0.3) is 0 Å². The number of benzene rings is 1. The van der Waals surface area contributed by atoms with Crippen LogP contribution in [0.5, 0.6) is 0 Å². The molecular formula is C20H26N4O2. The fraction of sp³-hybridized carbons (Fsp3) is 0.350. The van der Waals surface area contributed by atoms with Gasteiger partial charge in [0.15, 0.2) is 0 Å². The van der Waals surface area contributed by atoms with E-state index < -0.39 is 0 Å². The van der Waals surface area contributed by atoms with Crippen molar-refractivity contribution in [1.29, 1.82) is 0 Å². The number of amides is 2. The first-order chi connectivity index (χ1) is 12.5. The van der Waals surface area contributed by atoms with Crippen LogP contribution in [0.15, 0.2) is 42.7 Å². The van der Waals surface area contributed by atoms with Crippen molar-refractivity contribution in [2.75, 3.05) is 30.9 Å².